The van der Waals surface area contributed by atoms with Crippen LogP contribution in [0.2, 0.25) is 0 Å². The van der Waals surface area contributed by atoms with E-state index in [0.29, 0.717) is 25.3 Å². The lowest BCUT2D eigenvalue weighted by Gasteiger charge is -2.29. The van der Waals surface area contributed by atoms with Crippen LogP contribution in [-0.4, -0.2) is 62.7 Å². The van der Waals surface area contributed by atoms with Gasteiger partial charge in [-0.15, -0.1) is 0 Å². The van der Waals surface area contributed by atoms with Crippen LogP contribution in [0, 0.1) is 0 Å². The summed E-state index contributed by atoms with van der Waals surface area (Å²) in [4.78, 5) is 21.4. The molecule has 1 atom stereocenters. The molecule has 134 valence electrons. The molecule has 1 aliphatic rings. The Morgan fingerprint density at radius 2 is 2.20 bits per heavy atom. The third-order valence-corrected chi connectivity index (χ3v) is 5.05. The number of rotatable bonds is 6. The molecule has 1 N–H and O–H groups in total. The first-order valence-electron chi connectivity index (χ1n) is 8.41. The van der Waals surface area contributed by atoms with Crippen LogP contribution in [0.4, 0.5) is 5.82 Å². The Bertz CT molecular complexity index is 684. The zero-order valence-electron chi connectivity index (χ0n) is 14.6. The Morgan fingerprint density at radius 3 is 2.88 bits per heavy atom. The van der Waals surface area contributed by atoms with Gasteiger partial charge in [0.1, 0.15) is 5.82 Å². The van der Waals surface area contributed by atoms with Gasteiger partial charge in [0.15, 0.2) is 0 Å². The second-order valence-electron chi connectivity index (χ2n) is 6.22. The monoisotopic (exact) mass is 360 g/mol. The molecule has 7 heteroatoms. The van der Waals surface area contributed by atoms with Crippen LogP contribution in [0.25, 0.3) is 0 Å². The molecule has 25 heavy (non-hydrogen) atoms. The zero-order valence-corrected chi connectivity index (χ0v) is 15.5. The Hall–Kier alpha value is -1.96. The first-order valence-corrected chi connectivity index (χ1v) is 9.35. The molecule has 2 aromatic heterocycles. The first-order chi connectivity index (χ1) is 12.2. The van der Waals surface area contributed by atoms with E-state index < -0.39 is 0 Å². The highest BCUT2D eigenvalue weighted by Gasteiger charge is 2.21. The molecule has 6 nitrogen and oxygen atoms in total. The number of amides is 1. The first kappa shape index (κ1) is 17.8. The maximum absolute atomic E-state index is 12.8. The van der Waals surface area contributed by atoms with Gasteiger partial charge in [-0.25, -0.2) is 4.98 Å². The maximum atomic E-state index is 12.8. The van der Waals surface area contributed by atoms with Crippen molar-refractivity contribution in [1.29, 1.82) is 0 Å². The third-order valence-electron chi connectivity index (χ3n) is 4.35. The number of anilines is 1. The van der Waals surface area contributed by atoms with Crippen molar-refractivity contribution in [3.8, 4) is 0 Å². The summed E-state index contributed by atoms with van der Waals surface area (Å²) in [5, 5.41) is 7.26. The Balaban J connectivity index is 1.71. The molecule has 3 heterocycles. The van der Waals surface area contributed by atoms with E-state index in [0.717, 1.165) is 18.9 Å². The molecule has 0 spiro atoms. The van der Waals surface area contributed by atoms with Gasteiger partial charge in [-0.1, -0.05) is 0 Å². The number of carbonyl (C=O) groups is 1. The third kappa shape index (κ3) is 4.36. The number of hydrogen-bond donors (Lipinski definition) is 1. The van der Waals surface area contributed by atoms with Crippen molar-refractivity contribution in [2.75, 3.05) is 51.8 Å². The van der Waals surface area contributed by atoms with Gasteiger partial charge in [0.2, 0.25) is 0 Å². The van der Waals surface area contributed by atoms with Crippen molar-refractivity contribution >= 4 is 23.1 Å². The van der Waals surface area contributed by atoms with E-state index in [9.17, 15) is 4.79 Å². The number of aromatic nitrogens is 1. The summed E-state index contributed by atoms with van der Waals surface area (Å²) < 4.78 is 5.39. The predicted octanol–water partition coefficient (Wildman–Crippen LogP) is 2.01. The highest BCUT2D eigenvalue weighted by atomic mass is 32.1. The van der Waals surface area contributed by atoms with Gasteiger partial charge in [-0.2, -0.15) is 11.3 Å². The molecule has 1 amide bonds. The van der Waals surface area contributed by atoms with Crippen molar-refractivity contribution < 1.29 is 9.53 Å². The molecule has 3 rings (SSSR count). The van der Waals surface area contributed by atoms with Crippen LogP contribution >= 0.6 is 11.3 Å². The fourth-order valence-electron chi connectivity index (χ4n) is 2.95. The van der Waals surface area contributed by atoms with E-state index in [1.807, 2.05) is 20.2 Å². The van der Waals surface area contributed by atoms with Gasteiger partial charge >= 0.3 is 0 Å². The Morgan fingerprint density at radius 1 is 1.40 bits per heavy atom. The molecule has 1 aliphatic heterocycles. The average molecular weight is 360 g/mol. The molecular formula is C18H24N4O2S. The predicted molar refractivity (Wildman–Crippen MR) is 100 cm³/mol. The summed E-state index contributed by atoms with van der Waals surface area (Å²) in [7, 11) is 4.05. The van der Waals surface area contributed by atoms with Crippen molar-refractivity contribution in [2.24, 2.45) is 0 Å². The smallest absolute Gasteiger partial charge is 0.255 e. The summed E-state index contributed by atoms with van der Waals surface area (Å²) in [6.07, 6.45) is 1.73. The zero-order chi connectivity index (χ0) is 17.6. The minimum Gasteiger partial charge on any atom is -0.378 e. The average Bonchev–Trinajstić information content (AvgIpc) is 3.16. The Kier molecular flexibility index (Phi) is 6.01. The van der Waals surface area contributed by atoms with E-state index in [-0.39, 0.29) is 11.9 Å². The number of ether oxygens (including phenoxy) is 1. The molecule has 0 aliphatic carbocycles. The standard InChI is InChI=1S/C18H24N4O2S/c1-21(2)16(14-5-11-25-13-14)12-20-18(23)15-4-3-6-19-17(15)22-7-9-24-10-8-22/h3-6,11,13,16H,7-10,12H2,1-2H3,(H,20,23). The van der Waals surface area contributed by atoms with E-state index in [2.05, 4.69) is 36.9 Å². The highest BCUT2D eigenvalue weighted by Crippen LogP contribution is 2.21. The minimum atomic E-state index is -0.0864. The minimum absolute atomic E-state index is 0.0864. The normalized spacial score (nSPS) is 16.0. The second-order valence-corrected chi connectivity index (χ2v) is 7.00. The van der Waals surface area contributed by atoms with E-state index >= 15 is 0 Å². The molecular weight excluding hydrogens is 336 g/mol. The fraction of sp³-hybridized carbons (Fsp3) is 0.444. The fourth-order valence-corrected chi connectivity index (χ4v) is 3.66. The topological polar surface area (TPSA) is 57.7 Å². The second kappa shape index (κ2) is 8.42. The van der Waals surface area contributed by atoms with Gasteiger partial charge < -0.3 is 19.9 Å². The highest BCUT2D eigenvalue weighted by molar-refractivity contribution is 7.07. The van der Waals surface area contributed by atoms with Crippen LogP contribution < -0.4 is 10.2 Å². The van der Waals surface area contributed by atoms with Crippen LogP contribution in [0.3, 0.4) is 0 Å². The molecule has 0 aromatic carbocycles. The van der Waals surface area contributed by atoms with Crippen LogP contribution in [0.1, 0.15) is 22.0 Å². The molecule has 0 radical (unpaired) electrons. The molecule has 1 fully saturated rings. The molecule has 2 aromatic rings. The maximum Gasteiger partial charge on any atom is 0.255 e. The summed E-state index contributed by atoms with van der Waals surface area (Å²) in [6.45, 7) is 3.40. The number of thiophene rings is 1. The van der Waals surface area contributed by atoms with E-state index in [4.69, 9.17) is 4.74 Å². The van der Waals surface area contributed by atoms with E-state index in [1.54, 1.807) is 23.6 Å². The molecule has 1 saturated heterocycles. The van der Waals surface area contributed by atoms with Gasteiger partial charge in [0.05, 0.1) is 24.8 Å². The lowest BCUT2D eigenvalue weighted by atomic mass is 10.1. The SMILES string of the molecule is CN(C)C(CNC(=O)c1cccnc1N1CCOCC1)c1ccsc1. The number of likely N-dealkylation sites (N-methyl/N-ethyl adjacent to an activating group) is 1. The van der Waals surface area contributed by atoms with Crippen LogP contribution in [0.15, 0.2) is 35.2 Å². The number of pyridine rings is 1. The van der Waals surface area contributed by atoms with Gasteiger partial charge in [-0.3, -0.25) is 4.79 Å². The molecule has 0 bridgehead atoms. The number of hydrogen-bond acceptors (Lipinski definition) is 6. The van der Waals surface area contributed by atoms with Crippen LogP contribution in [0.5, 0.6) is 0 Å². The van der Waals surface area contributed by atoms with Crippen molar-refractivity contribution in [1.82, 2.24) is 15.2 Å². The van der Waals surface area contributed by atoms with Crippen molar-refractivity contribution in [2.45, 2.75) is 6.04 Å². The molecule has 0 saturated carbocycles. The lowest BCUT2D eigenvalue weighted by Crippen LogP contribution is -2.39. The quantitative estimate of drug-likeness (QED) is 0.854. The summed E-state index contributed by atoms with van der Waals surface area (Å²) in [5.74, 6) is 0.650. The van der Waals surface area contributed by atoms with Gasteiger partial charge in [-0.05, 0) is 48.6 Å². The van der Waals surface area contributed by atoms with E-state index in [1.165, 1.54) is 5.56 Å². The van der Waals surface area contributed by atoms with Crippen LogP contribution in [-0.2, 0) is 4.74 Å². The summed E-state index contributed by atoms with van der Waals surface area (Å²) in [5.41, 5.74) is 1.84. The van der Waals surface area contributed by atoms with Gasteiger partial charge in [0, 0.05) is 25.8 Å². The number of nitrogens with one attached hydrogen (secondary N) is 1. The summed E-state index contributed by atoms with van der Waals surface area (Å²) >= 11 is 1.67. The number of carbonyl (C=O) groups excluding carboxylic acids is 1. The molecule has 1 unspecified atom stereocenters. The summed E-state index contributed by atoms with van der Waals surface area (Å²) in [6, 6.07) is 5.90. The van der Waals surface area contributed by atoms with Crippen molar-refractivity contribution in [3.05, 3.63) is 46.3 Å². The number of nitrogens with zero attached hydrogens (tertiary/aromatic N) is 3. The largest absolute Gasteiger partial charge is 0.378 e. The lowest BCUT2D eigenvalue weighted by molar-refractivity contribution is 0.0940. The van der Waals surface area contributed by atoms with Crippen molar-refractivity contribution in [3.63, 3.8) is 0 Å². The number of morpholine rings is 1. The van der Waals surface area contributed by atoms with Gasteiger partial charge in [0.25, 0.3) is 5.91 Å². The Labute approximate surface area is 152 Å².